The molecule has 1 aliphatic carbocycles. The van der Waals surface area contributed by atoms with Crippen LogP contribution in [0.3, 0.4) is 0 Å². The highest BCUT2D eigenvalue weighted by Gasteiger charge is 2.40. The second-order valence-corrected chi connectivity index (χ2v) is 9.86. The monoisotopic (exact) mass is 471 g/mol. The topological polar surface area (TPSA) is 44.8 Å². The summed E-state index contributed by atoms with van der Waals surface area (Å²) in [5.74, 6) is 0.910. The molecule has 7 heteroatoms. The van der Waals surface area contributed by atoms with Gasteiger partial charge in [-0.25, -0.2) is 13.6 Å². The maximum atomic E-state index is 15.3. The number of hydrogen-bond donors (Lipinski definition) is 1. The third-order valence-corrected chi connectivity index (χ3v) is 6.48. The molecule has 0 unspecified atom stereocenters. The Kier molecular flexibility index (Phi) is 8.03. The van der Waals surface area contributed by atoms with Crippen LogP contribution in [0.15, 0.2) is 48.5 Å². The van der Waals surface area contributed by atoms with E-state index >= 15 is 4.39 Å². The Morgan fingerprint density at radius 1 is 1.09 bits per heavy atom. The van der Waals surface area contributed by atoms with Crippen molar-refractivity contribution in [2.75, 3.05) is 19.7 Å². The van der Waals surface area contributed by atoms with Gasteiger partial charge in [-0.3, -0.25) is 4.90 Å². The Morgan fingerprint density at radius 3 is 2.38 bits per heavy atom. The molecule has 2 atom stereocenters. The maximum Gasteiger partial charge on any atom is 0.318 e. The van der Waals surface area contributed by atoms with E-state index in [4.69, 9.17) is 4.74 Å². The molecule has 1 heterocycles. The Hall–Kier alpha value is -2.67. The largest absolute Gasteiger partial charge is 0.493 e. The highest BCUT2D eigenvalue weighted by atomic mass is 19.1. The molecule has 2 amide bonds. The Bertz CT molecular complexity index is 932. The fourth-order valence-electron chi connectivity index (χ4n) is 4.41. The number of alkyl halides is 1. The van der Waals surface area contributed by atoms with Crippen LogP contribution in [0.4, 0.5) is 13.6 Å². The lowest BCUT2D eigenvalue weighted by atomic mass is 10.00. The zero-order chi connectivity index (χ0) is 24.1. The average Bonchev–Trinajstić information content (AvgIpc) is 3.67. The van der Waals surface area contributed by atoms with Gasteiger partial charge in [0.25, 0.3) is 0 Å². The van der Waals surface area contributed by atoms with Crippen molar-refractivity contribution in [3.63, 3.8) is 0 Å². The number of piperidine rings is 1. The third-order valence-electron chi connectivity index (χ3n) is 6.48. The van der Waals surface area contributed by atoms with Crippen molar-refractivity contribution in [1.82, 2.24) is 15.1 Å². The quantitative estimate of drug-likeness (QED) is 0.550. The van der Waals surface area contributed by atoms with E-state index in [1.165, 1.54) is 12.1 Å². The number of halogens is 2. The highest BCUT2D eigenvalue weighted by molar-refractivity contribution is 5.74. The summed E-state index contributed by atoms with van der Waals surface area (Å²) in [7, 11) is 0. The van der Waals surface area contributed by atoms with Crippen molar-refractivity contribution >= 4 is 6.03 Å². The maximum absolute atomic E-state index is 15.3. The molecule has 5 nitrogen and oxygen atoms in total. The van der Waals surface area contributed by atoms with E-state index in [2.05, 4.69) is 24.1 Å². The van der Waals surface area contributed by atoms with Crippen LogP contribution in [0, 0.1) is 11.7 Å². The minimum Gasteiger partial charge on any atom is -0.493 e. The van der Waals surface area contributed by atoms with Gasteiger partial charge in [-0.15, -0.1) is 0 Å². The second-order valence-electron chi connectivity index (χ2n) is 9.86. The molecular weight excluding hydrogens is 436 g/mol. The minimum absolute atomic E-state index is 0.239. The van der Waals surface area contributed by atoms with Crippen LogP contribution >= 0.6 is 0 Å². The fraction of sp³-hybridized carbons (Fsp3) is 0.519. The van der Waals surface area contributed by atoms with E-state index < -0.39 is 12.2 Å². The Labute approximate surface area is 201 Å². The summed E-state index contributed by atoms with van der Waals surface area (Å²) in [6.07, 6.45) is 1.75. The number of carbonyl (C=O) groups excluding carboxylic acids is 1. The third kappa shape index (κ3) is 6.69. The van der Waals surface area contributed by atoms with Crippen LogP contribution in [-0.4, -0.2) is 53.8 Å². The summed E-state index contributed by atoms with van der Waals surface area (Å²) in [6, 6.07) is 13.4. The van der Waals surface area contributed by atoms with Crippen LogP contribution < -0.4 is 10.1 Å². The molecule has 2 aromatic rings. The molecule has 1 saturated carbocycles. The first-order chi connectivity index (χ1) is 16.4. The zero-order valence-corrected chi connectivity index (χ0v) is 20.1. The number of amides is 2. The SMILES string of the molecule is CC(C)COc1ccc(CNC(=O)N(Cc2ccc(F)cc2)[C@@H]2CCN(C3CC3)C[C@H]2F)cc1. The van der Waals surface area contributed by atoms with E-state index in [-0.39, 0.29) is 18.4 Å². The minimum atomic E-state index is -1.11. The number of hydrogen-bond acceptors (Lipinski definition) is 3. The number of urea groups is 1. The normalized spacial score (nSPS) is 20.9. The van der Waals surface area contributed by atoms with E-state index in [1.54, 1.807) is 17.0 Å². The van der Waals surface area contributed by atoms with Crippen molar-refractivity contribution in [3.8, 4) is 5.75 Å². The molecule has 0 radical (unpaired) electrons. The molecule has 1 N–H and O–H groups in total. The summed E-state index contributed by atoms with van der Waals surface area (Å²) in [6.45, 7) is 6.57. The molecule has 34 heavy (non-hydrogen) atoms. The summed E-state index contributed by atoms with van der Waals surface area (Å²) in [5.41, 5.74) is 1.72. The number of rotatable bonds is 9. The van der Waals surface area contributed by atoms with E-state index in [0.29, 0.717) is 38.1 Å². The lowest BCUT2D eigenvalue weighted by Crippen LogP contribution is -2.56. The van der Waals surface area contributed by atoms with Crippen molar-refractivity contribution in [2.24, 2.45) is 5.92 Å². The fourth-order valence-corrected chi connectivity index (χ4v) is 4.41. The lowest BCUT2D eigenvalue weighted by molar-refractivity contribution is 0.0436. The molecule has 4 rings (SSSR count). The number of nitrogens with one attached hydrogen (secondary N) is 1. The predicted octanol–water partition coefficient (Wildman–Crippen LogP) is 5.15. The molecule has 1 aliphatic heterocycles. The number of ether oxygens (including phenoxy) is 1. The highest BCUT2D eigenvalue weighted by Crippen LogP contribution is 2.32. The Balaban J connectivity index is 1.40. The van der Waals surface area contributed by atoms with Gasteiger partial charge in [0.15, 0.2) is 0 Å². The smallest absolute Gasteiger partial charge is 0.318 e. The molecule has 0 bridgehead atoms. The molecule has 184 valence electrons. The van der Waals surface area contributed by atoms with Gasteiger partial charge in [-0.2, -0.15) is 0 Å². The number of benzene rings is 2. The standard InChI is InChI=1S/C27H35F2N3O2/c1-19(2)18-34-24-11-5-20(6-12-24)15-30-27(33)32(16-21-3-7-22(28)8-4-21)26-13-14-31(17-25(26)29)23-9-10-23/h3-8,11-12,19,23,25-26H,9-10,13-18H2,1-2H3,(H,30,33)/t25-,26-/m1/s1. The van der Waals surface area contributed by atoms with E-state index in [1.807, 2.05) is 24.3 Å². The van der Waals surface area contributed by atoms with E-state index in [9.17, 15) is 9.18 Å². The van der Waals surface area contributed by atoms with Crippen LogP contribution in [0.5, 0.6) is 5.75 Å². The van der Waals surface area contributed by atoms with Gasteiger partial charge in [-0.05, 0) is 60.6 Å². The summed E-state index contributed by atoms with van der Waals surface area (Å²) >= 11 is 0. The Morgan fingerprint density at radius 2 is 1.76 bits per heavy atom. The van der Waals surface area contributed by atoms with Gasteiger partial charge in [-0.1, -0.05) is 38.1 Å². The first kappa shape index (κ1) is 24.5. The summed E-state index contributed by atoms with van der Waals surface area (Å²) in [5, 5.41) is 2.96. The van der Waals surface area contributed by atoms with Crippen LogP contribution in [-0.2, 0) is 13.1 Å². The molecule has 2 aliphatic rings. The van der Waals surface area contributed by atoms with E-state index in [0.717, 1.165) is 36.3 Å². The van der Waals surface area contributed by atoms with Gasteiger partial charge in [0.05, 0.1) is 12.6 Å². The van der Waals surface area contributed by atoms with Crippen molar-refractivity contribution in [2.45, 2.75) is 64.5 Å². The lowest BCUT2D eigenvalue weighted by Gasteiger charge is -2.41. The number of likely N-dealkylation sites (tertiary alicyclic amines) is 1. The van der Waals surface area contributed by atoms with Crippen molar-refractivity contribution in [3.05, 3.63) is 65.5 Å². The summed E-state index contributed by atoms with van der Waals surface area (Å²) < 4.78 is 34.4. The van der Waals surface area contributed by atoms with Crippen molar-refractivity contribution < 1.29 is 18.3 Å². The van der Waals surface area contributed by atoms with Gasteiger partial charge in [0.1, 0.15) is 17.7 Å². The second kappa shape index (κ2) is 11.2. The van der Waals surface area contributed by atoms with Gasteiger partial charge >= 0.3 is 6.03 Å². The first-order valence-electron chi connectivity index (χ1n) is 12.3. The molecular formula is C27H35F2N3O2. The predicted molar refractivity (Wildman–Crippen MR) is 129 cm³/mol. The molecule has 2 aromatic carbocycles. The average molecular weight is 472 g/mol. The molecule has 0 spiro atoms. The number of carbonyl (C=O) groups is 1. The van der Waals surface area contributed by atoms with Gasteiger partial charge < -0.3 is 15.0 Å². The molecule has 1 saturated heterocycles. The number of nitrogens with zero attached hydrogens (tertiary/aromatic N) is 2. The van der Waals surface area contributed by atoms with Crippen LogP contribution in [0.2, 0.25) is 0 Å². The molecule has 2 fully saturated rings. The first-order valence-corrected chi connectivity index (χ1v) is 12.3. The summed E-state index contributed by atoms with van der Waals surface area (Å²) in [4.78, 5) is 17.0. The van der Waals surface area contributed by atoms with Gasteiger partial charge in [0.2, 0.25) is 0 Å². The molecule has 0 aromatic heterocycles. The van der Waals surface area contributed by atoms with Crippen LogP contribution in [0.1, 0.15) is 44.2 Å². The van der Waals surface area contributed by atoms with Crippen LogP contribution in [0.25, 0.3) is 0 Å². The van der Waals surface area contributed by atoms with Crippen molar-refractivity contribution in [1.29, 1.82) is 0 Å². The van der Waals surface area contributed by atoms with Gasteiger partial charge in [0, 0.05) is 32.2 Å². The zero-order valence-electron chi connectivity index (χ0n) is 20.1.